The van der Waals surface area contributed by atoms with Gasteiger partial charge in [-0.3, -0.25) is 4.98 Å². The first-order chi connectivity index (χ1) is 6.65. The number of aromatic nitrogens is 1. The van der Waals surface area contributed by atoms with Gasteiger partial charge in [-0.05, 0) is 31.5 Å². The maximum absolute atomic E-state index is 13.4. The first-order valence-electron chi connectivity index (χ1n) is 4.92. The number of nitrogens with one attached hydrogen (secondary N) is 1. The van der Waals surface area contributed by atoms with Crippen LogP contribution < -0.4 is 5.32 Å². The molecule has 0 amide bonds. The molecule has 1 unspecified atom stereocenters. The molecular weight excluding hydrogens is 179 g/mol. The summed E-state index contributed by atoms with van der Waals surface area (Å²) in [6.45, 7) is 4.23. The van der Waals surface area contributed by atoms with Crippen molar-refractivity contribution >= 4 is 0 Å². The Labute approximate surface area is 84.6 Å². The summed E-state index contributed by atoms with van der Waals surface area (Å²) in [5.41, 5.74) is 0.517. The summed E-state index contributed by atoms with van der Waals surface area (Å²) in [5.74, 6) is 0.293. The Kier molecular flexibility index (Phi) is 4.01. The van der Waals surface area contributed by atoms with Gasteiger partial charge in [-0.2, -0.15) is 0 Å². The van der Waals surface area contributed by atoms with E-state index in [0.717, 1.165) is 6.42 Å². The van der Waals surface area contributed by atoms with Gasteiger partial charge in [0.25, 0.3) is 0 Å². The highest BCUT2D eigenvalue weighted by atomic mass is 19.1. The summed E-state index contributed by atoms with van der Waals surface area (Å²) < 4.78 is 13.4. The normalized spacial score (nSPS) is 13.2. The van der Waals surface area contributed by atoms with Crippen LogP contribution in [0.3, 0.4) is 0 Å². The fourth-order valence-electron chi connectivity index (χ4n) is 1.49. The molecule has 0 aliphatic heterocycles. The number of rotatable bonds is 4. The fraction of sp³-hybridized carbons (Fsp3) is 0.545. The molecule has 14 heavy (non-hydrogen) atoms. The molecule has 1 heterocycles. The van der Waals surface area contributed by atoms with Crippen LogP contribution in [0, 0.1) is 11.7 Å². The molecule has 1 rings (SSSR count). The van der Waals surface area contributed by atoms with Crippen LogP contribution in [0.15, 0.2) is 18.3 Å². The summed E-state index contributed by atoms with van der Waals surface area (Å²) in [4.78, 5) is 4.07. The lowest BCUT2D eigenvalue weighted by Gasteiger charge is -2.17. The van der Waals surface area contributed by atoms with E-state index in [1.807, 2.05) is 7.05 Å². The molecular formula is C11H17FN2. The molecule has 3 heteroatoms. The topological polar surface area (TPSA) is 24.9 Å². The van der Waals surface area contributed by atoms with E-state index >= 15 is 0 Å². The minimum atomic E-state index is -0.229. The van der Waals surface area contributed by atoms with Crippen molar-refractivity contribution < 1.29 is 4.39 Å². The van der Waals surface area contributed by atoms with Gasteiger partial charge >= 0.3 is 0 Å². The van der Waals surface area contributed by atoms with E-state index in [4.69, 9.17) is 0 Å². The van der Waals surface area contributed by atoms with Crippen molar-refractivity contribution in [1.29, 1.82) is 0 Å². The molecule has 1 N–H and O–H groups in total. The SMILES string of the molecule is CNC(CC(C)C)c1ncccc1F. The van der Waals surface area contributed by atoms with Crippen LogP contribution in [0.5, 0.6) is 0 Å². The Morgan fingerprint density at radius 3 is 2.71 bits per heavy atom. The van der Waals surface area contributed by atoms with E-state index in [-0.39, 0.29) is 11.9 Å². The van der Waals surface area contributed by atoms with Gasteiger partial charge < -0.3 is 5.32 Å². The third kappa shape index (κ3) is 2.77. The molecule has 1 atom stereocenters. The molecule has 0 aliphatic carbocycles. The molecule has 0 bridgehead atoms. The number of hydrogen-bond acceptors (Lipinski definition) is 2. The van der Waals surface area contributed by atoms with Crippen LogP contribution in [0.1, 0.15) is 32.0 Å². The molecule has 0 fully saturated rings. The van der Waals surface area contributed by atoms with E-state index in [9.17, 15) is 4.39 Å². The molecule has 0 saturated heterocycles. The molecule has 0 aromatic carbocycles. The van der Waals surface area contributed by atoms with Crippen LogP contribution in [-0.4, -0.2) is 12.0 Å². The molecule has 1 aromatic heterocycles. The lowest BCUT2D eigenvalue weighted by molar-refractivity contribution is 0.430. The summed E-state index contributed by atoms with van der Waals surface area (Å²) >= 11 is 0. The second-order valence-electron chi connectivity index (χ2n) is 3.84. The Hall–Kier alpha value is -0.960. The molecule has 78 valence electrons. The van der Waals surface area contributed by atoms with E-state index in [2.05, 4.69) is 24.1 Å². The van der Waals surface area contributed by atoms with Gasteiger partial charge in [0.15, 0.2) is 0 Å². The molecule has 0 radical (unpaired) electrons. The van der Waals surface area contributed by atoms with Gasteiger partial charge in [0, 0.05) is 6.20 Å². The zero-order valence-corrected chi connectivity index (χ0v) is 8.92. The second-order valence-corrected chi connectivity index (χ2v) is 3.84. The van der Waals surface area contributed by atoms with Gasteiger partial charge in [0.05, 0.1) is 11.7 Å². The molecule has 0 saturated carbocycles. The highest BCUT2D eigenvalue weighted by molar-refractivity contribution is 5.11. The first kappa shape index (κ1) is 11.1. The van der Waals surface area contributed by atoms with E-state index in [1.165, 1.54) is 6.07 Å². The highest BCUT2D eigenvalue weighted by Crippen LogP contribution is 2.20. The number of hydrogen-bond donors (Lipinski definition) is 1. The van der Waals surface area contributed by atoms with E-state index < -0.39 is 0 Å². The fourth-order valence-corrected chi connectivity index (χ4v) is 1.49. The number of pyridine rings is 1. The lowest BCUT2D eigenvalue weighted by Crippen LogP contribution is -2.20. The highest BCUT2D eigenvalue weighted by Gasteiger charge is 2.15. The van der Waals surface area contributed by atoms with Crippen LogP contribution in [-0.2, 0) is 0 Å². The van der Waals surface area contributed by atoms with E-state index in [1.54, 1.807) is 12.3 Å². The zero-order valence-electron chi connectivity index (χ0n) is 8.92. The predicted octanol–water partition coefficient (Wildman–Crippen LogP) is 2.53. The van der Waals surface area contributed by atoms with Crippen molar-refractivity contribution in [2.24, 2.45) is 5.92 Å². The monoisotopic (exact) mass is 196 g/mol. The van der Waals surface area contributed by atoms with Crippen molar-refractivity contribution in [2.45, 2.75) is 26.3 Å². The average Bonchev–Trinajstić information content (AvgIpc) is 2.15. The van der Waals surface area contributed by atoms with Crippen LogP contribution >= 0.6 is 0 Å². The summed E-state index contributed by atoms with van der Waals surface area (Å²) in [6.07, 6.45) is 2.52. The van der Waals surface area contributed by atoms with Crippen LogP contribution in [0.2, 0.25) is 0 Å². The second kappa shape index (κ2) is 5.05. The third-order valence-corrected chi connectivity index (χ3v) is 2.17. The maximum Gasteiger partial charge on any atom is 0.146 e. The summed E-state index contributed by atoms with van der Waals surface area (Å²) in [6, 6.07) is 3.07. The van der Waals surface area contributed by atoms with Crippen molar-refractivity contribution in [2.75, 3.05) is 7.05 Å². The molecule has 0 spiro atoms. The minimum absolute atomic E-state index is 0.0104. The third-order valence-electron chi connectivity index (χ3n) is 2.17. The number of halogens is 1. The van der Waals surface area contributed by atoms with E-state index in [0.29, 0.717) is 11.6 Å². The maximum atomic E-state index is 13.4. The minimum Gasteiger partial charge on any atom is -0.312 e. The molecule has 2 nitrogen and oxygen atoms in total. The van der Waals surface area contributed by atoms with Gasteiger partial charge in [-0.25, -0.2) is 4.39 Å². The largest absolute Gasteiger partial charge is 0.312 e. The lowest BCUT2D eigenvalue weighted by atomic mass is 10.0. The average molecular weight is 196 g/mol. The Morgan fingerprint density at radius 2 is 2.21 bits per heavy atom. The Morgan fingerprint density at radius 1 is 1.50 bits per heavy atom. The van der Waals surface area contributed by atoms with Crippen molar-refractivity contribution in [3.8, 4) is 0 Å². The van der Waals surface area contributed by atoms with Crippen LogP contribution in [0.4, 0.5) is 4.39 Å². The predicted molar refractivity (Wildman–Crippen MR) is 55.5 cm³/mol. The van der Waals surface area contributed by atoms with Crippen LogP contribution in [0.25, 0.3) is 0 Å². The standard InChI is InChI=1S/C11H17FN2/c1-8(2)7-10(13-3)11-9(12)5-4-6-14-11/h4-6,8,10,13H,7H2,1-3H3. The number of nitrogens with zero attached hydrogens (tertiary/aromatic N) is 1. The smallest absolute Gasteiger partial charge is 0.146 e. The first-order valence-corrected chi connectivity index (χ1v) is 4.92. The van der Waals surface area contributed by atoms with Gasteiger partial charge in [-0.1, -0.05) is 13.8 Å². The van der Waals surface area contributed by atoms with Crippen molar-refractivity contribution in [1.82, 2.24) is 10.3 Å². The Balaban J connectivity index is 2.83. The molecule has 1 aromatic rings. The summed E-state index contributed by atoms with van der Waals surface area (Å²) in [7, 11) is 1.83. The Bertz CT molecular complexity index is 286. The molecule has 0 aliphatic rings. The zero-order chi connectivity index (χ0) is 10.6. The van der Waals surface area contributed by atoms with Gasteiger partial charge in [0.1, 0.15) is 5.82 Å². The van der Waals surface area contributed by atoms with Gasteiger partial charge in [-0.15, -0.1) is 0 Å². The van der Waals surface area contributed by atoms with Gasteiger partial charge in [0.2, 0.25) is 0 Å². The summed E-state index contributed by atoms with van der Waals surface area (Å²) in [5, 5.41) is 3.09. The van der Waals surface area contributed by atoms with Crippen molar-refractivity contribution in [3.63, 3.8) is 0 Å². The quantitative estimate of drug-likeness (QED) is 0.800. The van der Waals surface area contributed by atoms with Crippen molar-refractivity contribution in [3.05, 3.63) is 29.8 Å².